The van der Waals surface area contributed by atoms with Crippen molar-refractivity contribution in [1.82, 2.24) is 5.32 Å². The summed E-state index contributed by atoms with van der Waals surface area (Å²) in [6, 6.07) is 30.9. The summed E-state index contributed by atoms with van der Waals surface area (Å²) in [6.45, 7) is 4.25. The molecule has 3 amide bonds. The van der Waals surface area contributed by atoms with Gasteiger partial charge in [-0.15, -0.1) is 11.8 Å². The number of ether oxygens (including phenoxy) is 1. The number of carbonyl (C=O) groups is 3. The van der Waals surface area contributed by atoms with E-state index in [1.807, 2.05) is 48.5 Å². The van der Waals surface area contributed by atoms with Gasteiger partial charge in [0.15, 0.2) is 0 Å². The van der Waals surface area contributed by atoms with Gasteiger partial charge in [-0.3, -0.25) is 14.4 Å². The Kier molecular flexibility index (Phi) is 10.6. The molecule has 4 aromatic rings. The van der Waals surface area contributed by atoms with Gasteiger partial charge in [-0.25, -0.2) is 0 Å². The van der Waals surface area contributed by atoms with E-state index in [1.54, 1.807) is 67.8 Å². The van der Waals surface area contributed by atoms with Gasteiger partial charge in [0, 0.05) is 27.4 Å². The molecule has 0 saturated heterocycles. The van der Waals surface area contributed by atoms with E-state index in [0.717, 1.165) is 10.6 Å². The second-order valence-electron chi connectivity index (χ2n) is 9.72. The van der Waals surface area contributed by atoms with Crippen LogP contribution in [0.4, 0.5) is 11.4 Å². The number of nitrogens with one attached hydrogen (secondary N) is 3. The fourth-order valence-corrected chi connectivity index (χ4v) is 4.80. The van der Waals surface area contributed by atoms with E-state index in [9.17, 15) is 14.4 Å². The summed E-state index contributed by atoms with van der Waals surface area (Å²) in [4.78, 5) is 39.7. The molecule has 0 bridgehead atoms. The van der Waals surface area contributed by atoms with Crippen LogP contribution in [0.1, 0.15) is 41.3 Å². The summed E-state index contributed by atoms with van der Waals surface area (Å²) in [7, 11) is 1.54. The van der Waals surface area contributed by atoms with Gasteiger partial charge in [-0.05, 0) is 66.1 Å². The van der Waals surface area contributed by atoms with Crippen molar-refractivity contribution in [2.24, 2.45) is 0 Å². The van der Waals surface area contributed by atoms with Crippen LogP contribution in [0.15, 0.2) is 114 Å². The number of hydrogen-bond acceptors (Lipinski definition) is 5. The molecule has 0 heterocycles. The molecule has 0 aliphatic carbocycles. The summed E-state index contributed by atoms with van der Waals surface area (Å²) in [5, 5.41) is 8.52. The van der Waals surface area contributed by atoms with Crippen molar-refractivity contribution in [3.8, 4) is 5.75 Å². The van der Waals surface area contributed by atoms with E-state index in [4.69, 9.17) is 4.74 Å². The highest BCUT2D eigenvalue weighted by atomic mass is 32.2. The molecular formula is C34H33N3O4S. The fourth-order valence-electron chi connectivity index (χ4n) is 4.04. The molecule has 0 aliphatic heterocycles. The molecule has 0 saturated carbocycles. The summed E-state index contributed by atoms with van der Waals surface area (Å²) in [5.41, 5.74) is 3.58. The van der Waals surface area contributed by atoms with Crippen LogP contribution >= 0.6 is 11.8 Å². The van der Waals surface area contributed by atoms with Crippen LogP contribution in [0, 0.1) is 0 Å². The molecule has 42 heavy (non-hydrogen) atoms. The molecular weight excluding hydrogens is 546 g/mol. The molecule has 0 aliphatic rings. The van der Waals surface area contributed by atoms with Gasteiger partial charge in [0.2, 0.25) is 5.91 Å². The quantitative estimate of drug-likeness (QED) is 0.132. The molecule has 0 spiro atoms. The summed E-state index contributed by atoms with van der Waals surface area (Å²) < 4.78 is 5.42. The van der Waals surface area contributed by atoms with E-state index < -0.39 is 11.8 Å². The van der Waals surface area contributed by atoms with Gasteiger partial charge in [0.1, 0.15) is 11.4 Å². The van der Waals surface area contributed by atoms with E-state index in [2.05, 4.69) is 29.8 Å². The third-order valence-electron chi connectivity index (χ3n) is 6.29. The minimum absolute atomic E-state index is 0.0503. The molecule has 4 rings (SSSR count). The highest BCUT2D eigenvalue weighted by molar-refractivity contribution is 8.00. The van der Waals surface area contributed by atoms with E-state index in [0.29, 0.717) is 28.5 Å². The van der Waals surface area contributed by atoms with Crippen LogP contribution in [0.25, 0.3) is 6.08 Å². The number of carbonyl (C=O) groups excluding carboxylic acids is 3. The number of anilines is 2. The lowest BCUT2D eigenvalue weighted by Gasteiger charge is -2.13. The standard InChI is InChI=1S/C34H33N3O4S/c1-23(2)24-16-18-27(19-17-24)35-32(38)22-42-29-14-9-13-28(21-29)36-34(40)30(20-26-12-7-8-15-31(26)41-3)37-33(39)25-10-5-4-6-11-25/h4-21,23H,22H2,1-3H3,(H,35,38)(H,36,40)(H,37,39)/b30-20+. The Morgan fingerprint density at radius 3 is 2.24 bits per heavy atom. The van der Waals surface area contributed by atoms with Gasteiger partial charge < -0.3 is 20.7 Å². The van der Waals surface area contributed by atoms with E-state index in [1.165, 1.54) is 17.3 Å². The van der Waals surface area contributed by atoms with E-state index >= 15 is 0 Å². The van der Waals surface area contributed by atoms with Crippen LogP contribution < -0.4 is 20.7 Å². The maximum Gasteiger partial charge on any atom is 0.272 e. The maximum atomic E-state index is 13.4. The number of rotatable bonds is 11. The van der Waals surface area contributed by atoms with Crippen molar-refractivity contribution in [2.45, 2.75) is 24.7 Å². The molecule has 3 N–H and O–H groups in total. The Hall–Kier alpha value is -4.82. The third kappa shape index (κ3) is 8.59. The third-order valence-corrected chi connectivity index (χ3v) is 7.28. The predicted octanol–water partition coefficient (Wildman–Crippen LogP) is 6.96. The second kappa shape index (κ2) is 14.7. The predicted molar refractivity (Wildman–Crippen MR) is 170 cm³/mol. The highest BCUT2D eigenvalue weighted by Gasteiger charge is 2.16. The first-order valence-electron chi connectivity index (χ1n) is 13.5. The van der Waals surface area contributed by atoms with Crippen molar-refractivity contribution >= 4 is 46.9 Å². The maximum absolute atomic E-state index is 13.4. The van der Waals surface area contributed by atoms with E-state index in [-0.39, 0.29) is 17.4 Å². The van der Waals surface area contributed by atoms with Gasteiger partial charge in [-0.2, -0.15) is 0 Å². The number of hydrogen-bond donors (Lipinski definition) is 3. The van der Waals surface area contributed by atoms with Gasteiger partial charge >= 0.3 is 0 Å². The molecule has 0 atom stereocenters. The molecule has 7 nitrogen and oxygen atoms in total. The molecule has 4 aromatic carbocycles. The van der Waals surface area contributed by atoms with Crippen LogP contribution in [0.2, 0.25) is 0 Å². The molecule has 0 fully saturated rings. The number of methoxy groups -OCH3 is 1. The van der Waals surface area contributed by atoms with Gasteiger partial charge in [0.05, 0.1) is 12.9 Å². The van der Waals surface area contributed by atoms with Crippen molar-refractivity contribution < 1.29 is 19.1 Å². The summed E-state index contributed by atoms with van der Waals surface area (Å²) in [5.74, 6) is 0.138. The topological polar surface area (TPSA) is 96.5 Å². The van der Waals surface area contributed by atoms with Gasteiger partial charge in [-0.1, -0.05) is 68.4 Å². The van der Waals surface area contributed by atoms with Crippen molar-refractivity contribution in [2.75, 3.05) is 23.5 Å². The molecule has 8 heteroatoms. The zero-order chi connectivity index (χ0) is 29.9. The zero-order valence-corrected chi connectivity index (χ0v) is 24.5. The first-order chi connectivity index (χ1) is 20.3. The second-order valence-corrected chi connectivity index (χ2v) is 10.8. The highest BCUT2D eigenvalue weighted by Crippen LogP contribution is 2.24. The molecule has 214 valence electrons. The average Bonchev–Trinajstić information content (AvgIpc) is 3.00. The fraction of sp³-hybridized carbons (Fsp3) is 0.147. The Bertz CT molecular complexity index is 1570. The molecule has 0 radical (unpaired) electrons. The minimum atomic E-state index is -0.505. The molecule has 0 aromatic heterocycles. The Labute approximate surface area is 250 Å². The number of thioether (sulfide) groups is 1. The number of benzene rings is 4. The first kappa shape index (κ1) is 30.1. The summed E-state index contributed by atoms with van der Waals surface area (Å²) >= 11 is 1.36. The zero-order valence-electron chi connectivity index (χ0n) is 23.7. The Balaban J connectivity index is 1.44. The number of amides is 3. The van der Waals surface area contributed by atoms with Crippen molar-refractivity contribution in [3.05, 3.63) is 126 Å². The van der Waals surface area contributed by atoms with Crippen LogP contribution in [0.5, 0.6) is 5.75 Å². The van der Waals surface area contributed by atoms with Crippen LogP contribution in [0.3, 0.4) is 0 Å². The largest absolute Gasteiger partial charge is 0.496 e. The first-order valence-corrected chi connectivity index (χ1v) is 14.5. The minimum Gasteiger partial charge on any atom is -0.496 e. The lowest BCUT2D eigenvalue weighted by molar-refractivity contribution is -0.114. The lowest BCUT2D eigenvalue weighted by Crippen LogP contribution is -2.30. The van der Waals surface area contributed by atoms with Crippen LogP contribution in [-0.4, -0.2) is 30.6 Å². The van der Waals surface area contributed by atoms with Crippen LogP contribution in [-0.2, 0) is 9.59 Å². The monoisotopic (exact) mass is 579 g/mol. The lowest BCUT2D eigenvalue weighted by atomic mass is 10.0. The Morgan fingerprint density at radius 1 is 0.810 bits per heavy atom. The Morgan fingerprint density at radius 2 is 1.52 bits per heavy atom. The smallest absolute Gasteiger partial charge is 0.272 e. The van der Waals surface area contributed by atoms with Crippen molar-refractivity contribution in [1.29, 1.82) is 0 Å². The van der Waals surface area contributed by atoms with Crippen molar-refractivity contribution in [3.63, 3.8) is 0 Å². The van der Waals surface area contributed by atoms with Gasteiger partial charge in [0.25, 0.3) is 11.8 Å². The average molecular weight is 580 g/mol. The SMILES string of the molecule is COc1ccccc1/C=C(/NC(=O)c1ccccc1)C(=O)Nc1cccc(SCC(=O)Nc2ccc(C(C)C)cc2)c1. The normalized spacial score (nSPS) is 11.1. The molecule has 0 unspecified atom stereocenters. The number of para-hydroxylation sites is 1. The summed E-state index contributed by atoms with van der Waals surface area (Å²) in [6.07, 6.45) is 1.58.